The van der Waals surface area contributed by atoms with E-state index in [1.807, 2.05) is 0 Å². The van der Waals surface area contributed by atoms with Gasteiger partial charge in [0.2, 0.25) is 0 Å². The maximum atomic E-state index is 6.89. The molecule has 0 aliphatic heterocycles. The molecule has 4 atom stereocenters. The number of hydrogen-bond acceptors (Lipinski definition) is 1. The van der Waals surface area contributed by atoms with Crippen LogP contribution in [0, 0.1) is 25.7 Å². The molecule has 0 saturated heterocycles. The Labute approximate surface area is 167 Å². The summed E-state index contributed by atoms with van der Waals surface area (Å²) >= 11 is 0. The van der Waals surface area contributed by atoms with Crippen LogP contribution in [0.2, 0.25) is 0 Å². The number of rotatable bonds is 8. The number of ether oxygens (including phenoxy) is 1. The van der Waals surface area contributed by atoms with Gasteiger partial charge < -0.3 is 4.74 Å². The number of aryl methyl sites for hydroxylation is 2. The predicted octanol–water partition coefficient (Wildman–Crippen LogP) is 7.28. The van der Waals surface area contributed by atoms with E-state index in [0.717, 1.165) is 0 Å². The van der Waals surface area contributed by atoms with E-state index < -0.39 is 0 Å². The fourth-order valence-electron chi connectivity index (χ4n) is 4.17. The molecule has 1 heteroatoms. The van der Waals surface area contributed by atoms with Gasteiger partial charge in [0.05, 0.1) is 12.2 Å². The molecule has 0 saturated carbocycles. The molecule has 0 amide bonds. The predicted molar refractivity (Wildman–Crippen MR) is 118 cm³/mol. The maximum absolute atomic E-state index is 6.89. The second kappa shape index (κ2) is 9.55. The lowest BCUT2D eigenvalue weighted by atomic mass is 9.85. The van der Waals surface area contributed by atoms with Gasteiger partial charge in [0, 0.05) is 11.8 Å². The van der Waals surface area contributed by atoms with Crippen LogP contribution in [0.1, 0.15) is 75.6 Å². The van der Waals surface area contributed by atoms with Crippen molar-refractivity contribution in [3.8, 4) is 0 Å². The lowest BCUT2D eigenvalue weighted by molar-refractivity contribution is -0.0762. The summed E-state index contributed by atoms with van der Waals surface area (Å²) in [5, 5.41) is 0. The lowest BCUT2D eigenvalue weighted by Crippen LogP contribution is -2.36. The smallest absolute Gasteiger partial charge is 0.0667 e. The second-order valence-electron chi connectivity index (χ2n) is 8.96. The zero-order valence-electron chi connectivity index (χ0n) is 18.5. The van der Waals surface area contributed by atoms with E-state index in [-0.39, 0.29) is 12.2 Å². The van der Waals surface area contributed by atoms with Gasteiger partial charge in [0.15, 0.2) is 0 Å². The summed E-state index contributed by atoms with van der Waals surface area (Å²) in [6.45, 7) is 18.1. The van der Waals surface area contributed by atoms with E-state index in [1.54, 1.807) is 0 Å². The second-order valence-corrected chi connectivity index (χ2v) is 8.96. The summed E-state index contributed by atoms with van der Waals surface area (Å²) in [6, 6.07) is 17.7. The Morgan fingerprint density at radius 1 is 0.593 bits per heavy atom. The molecule has 0 aliphatic rings. The van der Waals surface area contributed by atoms with Crippen LogP contribution in [0.4, 0.5) is 0 Å². The minimum atomic E-state index is 0.200. The maximum Gasteiger partial charge on any atom is 0.0667 e. The number of hydrogen-bond donors (Lipinski definition) is 0. The van der Waals surface area contributed by atoms with Crippen molar-refractivity contribution in [3.05, 3.63) is 70.8 Å². The van der Waals surface area contributed by atoms with Crippen molar-refractivity contribution < 1.29 is 4.74 Å². The standard InChI is InChI=1S/C26H38O/c1-17(2)25(21(7)23-13-9-11-19(5)15-23)27-26(18(3)4)22(8)24-14-10-12-20(6)16-24/h9-18,21-22,25-26H,1-8H3. The molecular weight excluding hydrogens is 328 g/mol. The summed E-state index contributed by atoms with van der Waals surface area (Å²) in [4.78, 5) is 0. The topological polar surface area (TPSA) is 9.23 Å². The van der Waals surface area contributed by atoms with Crippen LogP contribution in [0.25, 0.3) is 0 Å². The van der Waals surface area contributed by atoms with Gasteiger partial charge in [0.1, 0.15) is 0 Å². The van der Waals surface area contributed by atoms with Gasteiger partial charge in [-0.3, -0.25) is 0 Å². The third kappa shape index (κ3) is 5.69. The molecule has 148 valence electrons. The molecule has 0 radical (unpaired) electrons. The van der Waals surface area contributed by atoms with E-state index >= 15 is 0 Å². The number of benzene rings is 2. The summed E-state index contributed by atoms with van der Waals surface area (Å²) in [6.07, 6.45) is 0.401. The van der Waals surface area contributed by atoms with Gasteiger partial charge in [-0.1, -0.05) is 101 Å². The Morgan fingerprint density at radius 2 is 0.963 bits per heavy atom. The Balaban J connectivity index is 2.27. The monoisotopic (exact) mass is 366 g/mol. The molecule has 2 aromatic rings. The highest BCUT2D eigenvalue weighted by atomic mass is 16.5. The Kier molecular flexibility index (Phi) is 7.68. The summed E-state index contributed by atoms with van der Waals surface area (Å²) in [5.74, 6) is 1.67. The van der Waals surface area contributed by atoms with Crippen molar-refractivity contribution in [2.75, 3.05) is 0 Å². The third-order valence-corrected chi connectivity index (χ3v) is 5.75. The summed E-state index contributed by atoms with van der Waals surface area (Å²) in [7, 11) is 0. The molecule has 0 N–H and O–H groups in total. The van der Waals surface area contributed by atoms with Crippen LogP contribution >= 0.6 is 0 Å². The van der Waals surface area contributed by atoms with Crippen molar-refractivity contribution >= 4 is 0 Å². The Hall–Kier alpha value is -1.60. The van der Waals surface area contributed by atoms with Gasteiger partial charge in [-0.2, -0.15) is 0 Å². The van der Waals surface area contributed by atoms with Crippen LogP contribution in [0.15, 0.2) is 48.5 Å². The van der Waals surface area contributed by atoms with Gasteiger partial charge in [-0.05, 0) is 36.8 Å². The van der Waals surface area contributed by atoms with E-state index in [4.69, 9.17) is 4.74 Å². The normalized spacial score (nSPS) is 16.4. The quantitative estimate of drug-likeness (QED) is 0.477. The summed E-state index contributed by atoms with van der Waals surface area (Å²) in [5.41, 5.74) is 5.38. The third-order valence-electron chi connectivity index (χ3n) is 5.75. The summed E-state index contributed by atoms with van der Waals surface area (Å²) < 4.78 is 6.89. The Bertz CT molecular complexity index is 654. The van der Waals surface area contributed by atoms with E-state index in [0.29, 0.717) is 23.7 Å². The Morgan fingerprint density at radius 3 is 1.26 bits per heavy atom. The first kappa shape index (κ1) is 21.7. The molecule has 2 aromatic carbocycles. The largest absolute Gasteiger partial charge is 0.373 e. The molecule has 4 unspecified atom stereocenters. The molecule has 27 heavy (non-hydrogen) atoms. The van der Waals surface area contributed by atoms with Crippen molar-refractivity contribution in [1.29, 1.82) is 0 Å². The van der Waals surface area contributed by atoms with Crippen molar-refractivity contribution in [1.82, 2.24) is 0 Å². The fraction of sp³-hybridized carbons (Fsp3) is 0.538. The van der Waals surface area contributed by atoms with E-state index in [2.05, 4.69) is 104 Å². The van der Waals surface area contributed by atoms with Gasteiger partial charge >= 0.3 is 0 Å². The highest BCUT2D eigenvalue weighted by Crippen LogP contribution is 2.34. The molecular formula is C26H38O. The zero-order chi connectivity index (χ0) is 20.1. The molecule has 0 bridgehead atoms. The molecule has 2 rings (SSSR count). The van der Waals surface area contributed by atoms with Crippen LogP contribution in [-0.2, 0) is 4.74 Å². The average molecular weight is 367 g/mol. The fourth-order valence-corrected chi connectivity index (χ4v) is 4.17. The lowest BCUT2D eigenvalue weighted by Gasteiger charge is -2.37. The first-order chi connectivity index (χ1) is 12.7. The highest BCUT2D eigenvalue weighted by Gasteiger charge is 2.31. The van der Waals surface area contributed by atoms with E-state index in [1.165, 1.54) is 22.3 Å². The van der Waals surface area contributed by atoms with Gasteiger partial charge in [0.25, 0.3) is 0 Å². The van der Waals surface area contributed by atoms with Crippen LogP contribution in [-0.4, -0.2) is 12.2 Å². The van der Waals surface area contributed by atoms with Crippen LogP contribution in [0.3, 0.4) is 0 Å². The van der Waals surface area contributed by atoms with Crippen LogP contribution in [0.5, 0.6) is 0 Å². The minimum absolute atomic E-state index is 0.200. The molecule has 0 aliphatic carbocycles. The molecule has 0 aromatic heterocycles. The molecule has 0 fully saturated rings. The van der Waals surface area contributed by atoms with Crippen molar-refractivity contribution in [2.24, 2.45) is 11.8 Å². The SMILES string of the molecule is Cc1cccc(C(C)C(OC(C(C)C)C(C)c2cccc(C)c2)C(C)C)c1. The first-order valence-electron chi connectivity index (χ1n) is 10.5. The van der Waals surface area contributed by atoms with E-state index in [9.17, 15) is 0 Å². The van der Waals surface area contributed by atoms with Crippen molar-refractivity contribution in [3.63, 3.8) is 0 Å². The van der Waals surface area contributed by atoms with Gasteiger partial charge in [-0.25, -0.2) is 0 Å². The first-order valence-corrected chi connectivity index (χ1v) is 10.5. The van der Waals surface area contributed by atoms with Crippen molar-refractivity contribution in [2.45, 2.75) is 79.4 Å². The molecule has 0 heterocycles. The highest BCUT2D eigenvalue weighted by molar-refractivity contribution is 5.27. The molecule has 0 spiro atoms. The zero-order valence-corrected chi connectivity index (χ0v) is 18.5. The van der Waals surface area contributed by atoms with Crippen LogP contribution < -0.4 is 0 Å². The molecule has 1 nitrogen and oxygen atoms in total. The average Bonchev–Trinajstić information content (AvgIpc) is 2.61. The minimum Gasteiger partial charge on any atom is -0.373 e. The van der Waals surface area contributed by atoms with Gasteiger partial charge in [-0.15, -0.1) is 0 Å².